The molecule has 2 rings (SSSR count). The molecule has 0 unspecified atom stereocenters. The molecule has 1 fully saturated rings. The van der Waals surface area contributed by atoms with E-state index in [1.807, 2.05) is 7.05 Å². The van der Waals surface area contributed by atoms with E-state index in [0.29, 0.717) is 0 Å². The minimum atomic E-state index is -0.0701. The summed E-state index contributed by atoms with van der Waals surface area (Å²) in [5, 5.41) is 0. The number of likely N-dealkylation sites (N-methyl/N-ethyl adjacent to an activating group) is 1. The Labute approximate surface area is 105 Å². The van der Waals surface area contributed by atoms with Crippen molar-refractivity contribution in [2.24, 2.45) is 5.41 Å². The Morgan fingerprint density at radius 3 is 2.41 bits per heavy atom. The largest absolute Gasteiger partial charge is 0.425 e. The van der Waals surface area contributed by atoms with Gasteiger partial charge in [-0.25, -0.2) is 0 Å². The molecule has 2 aliphatic rings. The van der Waals surface area contributed by atoms with Crippen LogP contribution in [-0.4, -0.2) is 24.5 Å². The Hall–Kier alpha value is -0.955. The molecule has 0 spiro atoms. The average Bonchev–Trinajstić information content (AvgIpc) is 2.41. The SMILES string of the molecule is C=C1C=CC(B2CC(C)(C)C(C)(C)O2)=CN1C. The lowest BCUT2D eigenvalue weighted by molar-refractivity contribution is 0.0371. The summed E-state index contributed by atoms with van der Waals surface area (Å²) in [4.78, 5) is 2.05. The summed E-state index contributed by atoms with van der Waals surface area (Å²) in [6.45, 7) is 13.1. The van der Waals surface area contributed by atoms with E-state index in [-0.39, 0.29) is 17.9 Å². The van der Waals surface area contributed by atoms with Gasteiger partial charge in [-0.05, 0) is 37.1 Å². The van der Waals surface area contributed by atoms with Crippen LogP contribution in [-0.2, 0) is 4.65 Å². The van der Waals surface area contributed by atoms with Crippen LogP contribution < -0.4 is 0 Å². The van der Waals surface area contributed by atoms with E-state index in [1.54, 1.807) is 0 Å². The van der Waals surface area contributed by atoms with Crippen molar-refractivity contribution in [3.05, 3.63) is 36.1 Å². The third-order valence-electron chi connectivity index (χ3n) is 4.40. The molecule has 0 aliphatic carbocycles. The zero-order valence-corrected chi connectivity index (χ0v) is 11.6. The highest BCUT2D eigenvalue weighted by Gasteiger charge is 2.50. The van der Waals surface area contributed by atoms with Gasteiger partial charge in [0.15, 0.2) is 0 Å². The lowest BCUT2D eigenvalue weighted by Crippen LogP contribution is -2.34. The fourth-order valence-corrected chi connectivity index (χ4v) is 2.30. The number of rotatable bonds is 1. The summed E-state index contributed by atoms with van der Waals surface area (Å²) in [7, 11) is 2.02. The van der Waals surface area contributed by atoms with Gasteiger partial charge in [0.05, 0.1) is 5.60 Å². The van der Waals surface area contributed by atoms with Gasteiger partial charge in [-0.3, -0.25) is 0 Å². The summed E-state index contributed by atoms with van der Waals surface area (Å²) in [5.41, 5.74) is 2.41. The molecule has 2 nitrogen and oxygen atoms in total. The van der Waals surface area contributed by atoms with Crippen LogP contribution in [0.2, 0.25) is 6.32 Å². The van der Waals surface area contributed by atoms with Gasteiger partial charge in [0.25, 0.3) is 0 Å². The standard InChI is InChI=1S/C14H22BNO/c1-11-7-8-12(9-16(11)6)15-10-13(2,3)14(4,5)17-15/h7-9H,1,10H2,2-6H3. The fraction of sp³-hybridized carbons (Fsp3) is 0.571. The second kappa shape index (κ2) is 3.77. The lowest BCUT2D eigenvalue weighted by atomic mass is 9.53. The lowest BCUT2D eigenvalue weighted by Gasteiger charge is -2.34. The highest BCUT2D eigenvalue weighted by atomic mass is 16.5. The Morgan fingerprint density at radius 2 is 1.94 bits per heavy atom. The van der Waals surface area contributed by atoms with Crippen molar-refractivity contribution in [2.75, 3.05) is 7.05 Å². The molecule has 2 aliphatic heterocycles. The molecule has 0 atom stereocenters. The van der Waals surface area contributed by atoms with Crippen LogP contribution in [0.5, 0.6) is 0 Å². The van der Waals surface area contributed by atoms with E-state index in [9.17, 15) is 0 Å². The number of allylic oxidation sites excluding steroid dienone is 3. The van der Waals surface area contributed by atoms with E-state index in [0.717, 1.165) is 12.0 Å². The first-order valence-corrected chi connectivity index (χ1v) is 6.22. The second-order valence-electron chi connectivity index (χ2n) is 6.27. The molecular weight excluding hydrogens is 209 g/mol. The molecule has 0 amide bonds. The van der Waals surface area contributed by atoms with Gasteiger partial charge in [0.2, 0.25) is 0 Å². The van der Waals surface area contributed by atoms with Crippen LogP contribution in [0, 0.1) is 5.41 Å². The van der Waals surface area contributed by atoms with E-state index >= 15 is 0 Å². The third-order valence-corrected chi connectivity index (χ3v) is 4.40. The van der Waals surface area contributed by atoms with Crippen molar-refractivity contribution < 1.29 is 4.65 Å². The summed E-state index contributed by atoms with van der Waals surface area (Å²) in [6.07, 6.45) is 7.38. The maximum Gasteiger partial charge on any atom is 0.329 e. The summed E-state index contributed by atoms with van der Waals surface area (Å²) >= 11 is 0. The molecule has 1 saturated heterocycles. The smallest absolute Gasteiger partial charge is 0.329 e. The van der Waals surface area contributed by atoms with Crippen molar-refractivity contribution in [3.8, 4) is 0 Å². The normalized spacial score (nSPS) is 26.4. The molecule has 92 valence electrons. The molecule has 0 radical (unpaired) electrons. The highest BCUT2D eigenvalue weighted by Crippen LogP contribution is 2.47. The van der Waals surface area contributed by atoms with Gasteiger partial charge in [0.1, 0.15) is 0 Å². The van der Waals surface area contributed by atoms with Crippen molar-refractivity contribution in [1.82, 2.24) is 4.90 Å². The number of hydrogen-bond acceptors (Lipinski definition) is 2. The highest BCUT2D eigenvalue weighted by molar-refractivity contribution is 6.62. The van der Waals surface area contributed by atoms with Gasteiger partial charge in [-0.15, -0.1) is 0 Å². The van der Waals surface area contributed by atoms with Crippen LogP contribution in [0.15, 0.2) is 36.1 Å². The predicted octanol–water partition coefficient (Wildman–Crippen LogP) is 3.25. The molecule has 0 bridgehead atoms. The van der Waals surface area contributed by atoms with Crippen LogP contribution in [0.3, 0.4) is 0 Å². The minimum absolute atomic E-state index is 0.0701. The number of nitrogens with zero attached hydrogens (tertiary/aromatic N) is 1. The first kappa shape index (κ1) is 12.5. The van der Waals surface area contributed by atoms with Crippen LogP contribution in [0.1, 0.15) is 27.7 Å². The topological polar surface area (TPSA) is 12.5 Å². The molecule has 0 N–H and O–H groups in total. The van der Waals surface area contributed by atoms with Crippen molar-refractivity contribution >= 4 is 6.92 Å². The van der Waals surface area contributed by atoms with Crippen LogP contribution in [0.4, 0.5) is 0 Å². The molecule has 17 heavy (non-hydrogen) atoms. The van der Waals surface area contributed by atoms with E-state index in [1.165, 1.54) is 5.47 Å². The molecule has 2 heterocycles. The Morgan fingerprint density at radius 1 is 1.29 bits per heavy atom. The quantitative estimate of drug-likeness (QED) is 0.642. The third kappa shape index (κ3) is 2.08. The van der Waals surface area contributed by atoms with Gasteiger partial charge >= 0.3 is 6.92 Å². The number of hydrogen-bond donors (Lipinski definition) is 0. The van der Waals surface area contributed by atoms with E-state index in [4.69, 9.17) is 4.65 Å². The van der Waals surface area contributed by atoms with Gasteiger partial charge < -0.3 is 9.55 Å². The second-order valence-corrected chi connectivity index (χ2v) is 6.27. The average molecular weight is 231 g/mol. The van der Waals surface area contributed by atoms with Crippen molar-refractivity contribution in [1.29, 1.82) is 0 Å². The first-order chi connectivity index (χ1) is 7.73. The zero-order valence-electron chi connectivity index (χ0n) is 11.6. The Bertz CT molecular complexity index is 390. The summed E-state index contributed by atoms with van der Waals surface area (Å²) in [6, 6.07) is 0. The monoisotopic (exact) mass is 231 g/mol. The van der Waals surface area contributed by atoms with E-state index in [2.05, 4.69) is 57.5 Å². The van der Waals surface area contributed by atoms with Gasteiger partial charge in [0, 0.05) is 18.9 Å². The predicted molar refractivity (Wildman–Crippen MR) is 73.6 cm³/mol. The maximum atomic E-state index is 6.21. The summed E-state index contributed by atoms with van der Waals surface area (Å²) < 4.78 is 6.21. The summed E-state index contributed by atoms with van der Waals surface area (Å²) in [5.74, 6) is 0. The molecule has 3 heteroatoms. The van der Waals surface area contributed by atoms with E-state index < -0.39 is 0 Å². The maximum absolute atomic E-state index is 6.21. The van der Waals surface area contributed by atoms with Crippen molar-refractivity contribution in [2.45, 2.75) is 39.6 Å². The van der Waals surface area contributed by atoms with Crippen molar-refractivity contribution in [3.63, 3.8) is 0 Å². The molecule has 0 aromatic heterocycles. The minimum Gasteiger partial charge on any atom is -0.425 e. The fourth-order valence-electron chi connectivity index (χ4n) is 2.30. The molecule has 0 aromatic carbocycles. The van der Waals surface area contributed by atoms with Crippen LogP contribution in [0.25, 0.3) is 0 Å². The van der Waals surface area contributed by atoms with Gasteiger partial charge in [-0.2, -0.15) is 0 Å². The molecular formula is C14H22BNO. The van der Waals surface area contributed by atoms with Crippen LogP contribution >= 0.6 is 0 Å². The first-order valence-electron chi connectivity index (χ1n) is 6.22. The van der Waals surface area contributed by atoms with Gasteiger partial charge in [-0.1, -0.05) is 26.5 Å². The Kier molecular flexibility index (Phi) is 2.77. The Balaban J connectivity index is 2.20. The molecule has 0 saturated carbocycles. The molecule has 0 aromatic rings. The zero-order chi connectivity index (χ0) is 12.8.